The highest BCUT2D eigenvalue weighted by Crippen LogP contribution is 2.12. The smallest absolute Gasteiger partial charge is 0.315 e. The molecule has 8 nitrogen and oxygen atoms in total. The van der Waals surface area contributed by atoms with E-state index in [0.29, 0.717) is 10.7 Å². The summed E-state index contributed by atoms with van der Waals surface area (Å²) in [6.45, 7) is 0.538. The van der Waals surface area contributed by atoms with Gasteiger partial charge in [-0.15, -0.1) is 0 Å². The molecule has 128 valence electrons. The molecular formula is C16H14ClN5O3. The van der Waals surface area contributed by atoms with Gasteiger partial charge in [0, 0.05) is 31.1 Å². The van der Waals surface area contributed by atoms with Crippen molar-refractivity contribution in [1.29, 1.82) is 0 Å². The van der Waals surface area contributed by atoms with Crippen molar-refractivity contribution in [2.45, 2.75) is 13.1 Å². The van der Waals surface area contributed by atoms with Gasteiger partial charge in [0.25, 0.3) is 5.69 Å². The SMILES string of the molecule is O=C(NCc1ccc([N+](=O)[O-])cc1)NCc1cn2cc(Cl)ccc2n1. The minimum atomic E-state index is -0.466. The molecule has 3 aromatic rings. The second-order valence-corrected chi connectivity index (χ2v) is 5.74. The lowest BCUT2D eigenvalue weighted by Gasteiger charge is -2.06. The highest BCUT2D eigenvalue weighted by molar-refractivity contribution is 6.30. The summed E-state index contributed by atoms with van der Waals surface area (Å²) in [4.78, 5) is 26.3. The minimum absolute atomic E-state index is 0.0140. The van der Waals surface area contributed by atoms with E-state index in [1.807, 2.05) is 0 Å². The number of fused-ring (bicyclic) bond motifs is 1. The van der Waals surface area contributed by atoms with Crippen molar-refractivity contribution in [3.05, 3.63) is 75.2 Å². The third kappa shape index (κ3) is 4.24. The molecule has 0 spiro atoms. The maximum atomic E-state index is 11.8. The van der Waals surface area contributed by atoms with Gasteiger partial charge >= 0.3 is 6.03 Å². The predicted molar refractivity (Wildman–Crippen MR) is 92.4 cm³/mol. The highest BCUT2D eigenvalue weighted by atomic mass is 35.5. The fourth-order valence-corrected chi connectivity index (χ4v) is 2.42. The molecule has 0 saturated carbocycles. The van der Waals surface area contributed by atoms with Crippen LogP contribution in [-0.4, -0.2) is 20.3 Å². The molecule has 0 atom stereocenters. The zero-order valence-corrected chi connectivity index (χ0v) is 13.7. The summed E-state index contributed by atoms with van der Waals surface area (Å²) in [6, 6.07) is 9.19. The van der Waals surface area contributed by atoms with Crippen molar-refractivity contribution in [3.8, 4) is 0 Å². The Morgan fingerprint density at radius 2 is 1.84 bits per heavy atom. The van der Waals surface area contributed by atoms with Crippen LogP contribution in [0, 0.1) is 10.1 Å². The molecule has 0 saturated heterocycles. The van der Waals surface area contributed by atoms with Crippen LogP contribution in [0.2, 0.25) is 5.02 Å². The molecular weight excluding hydrogens is 346 g/mol. The average Bonchev–Trinajstić information content (AvgIpc) is 3.00. The molecule has 2 amide bonds. The number of nitrogens with zero attached hydrogens (tertiary/aromatic N) is 3. The fourth-order valence-electron chi connectivity index (χ4n) is 2.25. The lowest BCUT2D eigenvalue weighted by molar-refractivity contribution is -0.384. The number of benzene rings is 1. The van der Waals surface area contributed by atoms with Crippen LogP contribution in [-0.2, 0) is 13.1 Å². The van der Waals surface area contributed by atoms with Crippen LogP contribution in [0.5, 0.6) is 0 Å². The van der Waals surface area contributed by atoms with Crippen LogP contribution < -0.4 is 10.6 Å². The number of nitrogens with one attached hydrogen (secondary N) is 2. The summed E-state index contributed by atoms with van der Waals surface area (Å²) in [5, 5.41) is 16.6. The summed E-state index contributed by atoms with van der Waals surface area (Å²) in [5.74, 6) is 0. The number of nitro benzene ring substituents is 1. The molecule has 9 heteroatoms. The van der Waals surface area contributed by atoms with E-state index < -0.39 is 4.92 Å². The first-order chi connectivity index (χ1) is 12.0. The first kappa shape index (κ1) is 16.7. The standard InChI is InChI=1S/C16H14ClN5O3/c17-12-3-6-15-20-13(10-21(15)9-12)8-19-16(23)18-7-11-1-4-14(5-2-11)22(24)25/h1-6,9-10H,7-8H2,(H2,18,19,23). The summed E-state index contributed by atoms with van der Waals surface area (Å²) >= 11 is 5.92. The fraction of sp³-hybridized carbons (Fsp3) is 0.125. The second kappa shape index (κ2) is 7.18. The van der Waals surface area contributed by atoms with E-state index in [-0.39, 0.29) is 24.8 Å². The number of pyridine rings is 1. The number of aromatic nitrogens is 2. The number of rotatable bonds is 5. The number of hydrogen-bond donors (Lipinski definition) is 2. The highest BCUT2D eigenvalue weighted by Gasteiger charge is 2.07. The normalized spacial score (nSPS) is 10.6. The van der Waals surface area contributed by atoms with Gasteiger partial charge in [0.1, 0.15) is 5.65 Å². The Hall–Kier alpha value is -3.13. The lowest BCUT2D eigenvalue weighted by Crippen LogP contribution is -2.34. The zero-order chi connectivity index (χ0) is 17.8. The predicted octanol–water partition coefficient (Wildman–Crippen LogP) is 2.90. The zero-order valence-electron chi connectivity index (χ0n) is 13.0. The summed E-state index contributed by atoms with van der Waals surface area (Å²) in [6.07, 6.45) is 3.53. The first-order valence-electron chi connectivity index (χ1n) is 7.39. The largest absolute Gasteiger partial charge is 0.334 e. The summed E-state index contributed by atoms with van der Waals surface area (Å²) in [7, 11) is 0. The van der Waals surface area contributed by atoms with Gasteiger partial charge in [-0.3, -0.25) is 10.1 Å². The molecule has 0 aliphatic heterocycles. The second-order valence-electron chi connectivity index (χ2n) is 5.30. The topological polar surface area (TPSA) is 102 Å². The van der Waals surface area contributed by atoms with Crippen molar-refractivity contribution >= 4 is 29.0 Å². The summed E-state index contributed by atoms with van der Waals surface area (Å²) < 4.78 is 1.79. The number of non-ortho nitro benzene ring substituents is 1. The third-order valence-corrected chi connectivity index (χ3v) is 3.72. The Morgan fingerprint density at radius 1 is 1.12 bits per heavy atom. The maximum absolute atomic E-state index is 11.8. The molecule has 2 heterocycles. The van der Waals surface area contributed by atoms with Crippen molar-refractivity contribution in [1.82, 2.24) is 20.0 Å². The molecule has 0 radical (unpaired) electrons. The molecule has 0 unspecified atom stereocenters. The molecule has 2 aromatic heterocycles. The van der Waals surface area contributed by atoms with Crippen molar-refractivity contribution < 1.29 is 9.72 Å². The van der Waals surface area contributed by atoms with E-state index in [1.54, 1.807) is 41.1 Å². The van der Waals surface area contributed by atoms with Crippen LogP contribution in [0.15, 0.2) is 48.8 Å². The van der Waals surface area contributed by atoms with Gasteiger partial charge in [-0.2, -0.15) is 0 Å². The third-order valence-electron chi connectivity index (χ3n) is 3.50. The molecule has 25 heavy (non-hydrogen) atoms. The van der Waals surface area contributed by atoms with E-state index in [1.165, 1.54) is 12.1 Å². The van der Waals surface area contributed by atoms with E-state index in [0.717, 1.165) is 11.2 Å². The first-order valence-corrected chi connectivity index (χ1v) is 7.77. The number of halogens is 1. The van der Waals surface area contributed by atoms with Gasteiger partial charge in [-0.25, -0.2) is 9.78 Å². The Balaban J connectivity index is 1.51. The Kier molecular flexibility index (Phi) is 4.80. The number of carbonyl (C=O) groups is 1. The van der Waals surface area contributed by atoms with Crippen LogP contribution in [0.3, 0.4) is 0 Å². The Labute approximate surface area is 147 Å². The van der Waals surface area contributed by atoms with Crippen molar-refractivity contribution in [3.63, 3.8) is 0 Å². The van der Waals surface area contributed by atoms with Gasteiger partial charge in [0.2, 0.25) is 0 Å². The molecule has 0 aliphatic carbocycles. The number of carbonyl (C=O) groups excluding carboxylic acids is 1. The molecule has 0 bridgehead atoms. The van der Waals surface area contributed by atoms with Gasteiger partial charge in [0.15, 0.2) is 0 Å². The quantitative estimate of drug-likeness (QED) is 0.540. The van der Waals surface area contributed by atoms with Gasteiger partial charge in [0.05, 0.1) is 22.2 Å². The molecule has 2 N–H and O–H groups in total. The molecule has 0 aliphatic rings. The van der Waals surface area contributed by atoms with E-state index in [4.69, 9.17) is 11.6 Å². The van der Waals surface area contributed by atoms with E-state index in [9.17, 15) is 14.9 Å². The number of amides is 2. The Bertz CT molecular complexity index is 923. The van der Waals surface area contributed by atoms with Gasteiger partial charge < -0.3 is 15.0 Å². The van der Waals surface area contributed by atoms with Crippen molar-refractivity contribution in [2.24, 2.45) is 0 Å². The van der Waals surface area contributed by atoms with Crippen LogP contribution >= 0.6 is 11.6 Å². The van der Waals surface area contributed by atoms with Gasteiger partial charge in [-0.1, -0.05) is 23.7 Å². The number of imidazole rings is 1. The molecule has 3 rings (SSSR count). The van der Waals surface area contributed by atoms with Crippen LogP contribution in [0.4, 0.5) is 10.5 Å². The van der Waals surface area contributed by atoms with Crippen molar-refractivity contribution in [2.75, 3.05) is 0 Å². The van der Waals surface area contributed by atoms with Gasteiger partial charge in [-0.05, 0) is 17.7 Å². The average molecular weight is 360 g/mol. The van der Waals surface area contributed by atoms with Crippen LogP contribution in [0.25, 0.3) is 5.65 Å². The minimum Gasteiger partial charge on any atom is -0.334 e. The number of nitro groups is 1. The van der Waals surface area contributed by atoms with E-state index >= 15 is 0 Å². The molecule has 0 fully saturated rings. The maximum Gasteiger partial charge on any atom is 0.315 e. The lowest BCUT2D eigenvalue weighted by atomic mass is 10.2. The van der Waals surface area contributed by atoms with Crippen LogP contribution in [0.1, 0.15) is 11.3 Å². The Morgan fingerprint density at radius 3 is 2.56 bits per heavy atom. The monoisotopic (exact) mass is 359 g/mol. The summed E-state index contributed by atoms with van der Waals surface area (Å²) in [5.41, 5.74) is 2.23. The molecule has 1 aromatic carbocycles. The number of hydrogen-bond acceptors (Lipinski definition) is 4. The van der Waals surface area contributed by atoms with E-state index in [2.05, 4.69) is 15.6 Å². The number of urea groups is 1.